The Labute approximate surface area is 155 Å². The van der Waals surface area contributed by atoms with Gasteiger partial charge in [-0.25, -0.2) is 0 Å². The quantitative estimate of drug-likeness (QED) is 0.781. The molecule has 2 heterocycles. The molecule has 3 rings (SSSR count). The second-order valence-electron chi connectivity index (χ2n) is 5.74. The molecule has 2 aromatic rings. The normalized spacial score (nSPS) is 13.9. The van der Waals surface area contributed by atoms with Gasteiger partial charge in [-0.15, -0.1) is 10.2 Å². The van der Waals surface area contributed by atoms with Crippen molar-refractivity contribution in [1.82, 2.24) is 15.1 Å². The lowest BCUT2D eigenvalue weighted by Crippen LogP contribution is -2.30. The van der Waals surface area contributed by atoms with Crippen LogP contribution in [-0.4, -0.2) is 39.4 Å². The average molecular weight is 398 g/mol. The van der Waals surface area contributed by atoms with Gasteiger partial charge in [0.05, 0.1) is 11.1 Å². The second kappa shape index (κ2) is 7.06. The van der Waals surface area contributed by atoms with Crippen LogP contribution in [0, 0.1) is 0 Å². The van der Waals surface area contributed by atoms with Gasteiger partial charge in [-0.05, 0) is 24.6 Å². The van der Waals surface area contributed by atoms with Crippen molar-refractivity contribution in [3.05, 3.63) is 39.9 Å². The number of carbonyl (C=O) groups excluding carboxylic acids is 3. The second-order valence-corrected chi connectivity index (χ2v) is 6.72. The van der Waals surface area contributed by atoms with E-state index in [0.29, 0.717) is 6.42 Å². The number of hydrogen-bond acceptors (Lipinski definition) is 6. The molecule has 1 aliphatic heterocycles. The predicted octanol–water partition coefficient (Wildman–Crippen LogP) is 3.21. The molecule has 0 aliphatic carbocycles. The Bertz CT molecular complexity index is 926. The van der Waals surface area contributed by atoms with E-state index in [0.717, 1.165) is 11.3 Å². The van der Waals surface area contributed by atoms with Gasteiger partial charge in [0, 0.05) is 12.1 Å². The Morgan fingerprint density at radius 3 is 2.52 bits per heavy atom. The first-order valence-electron chi connectivity index (χ1n) is 7.94. The van der Waals surface area contributed by atoms with Gasteiger partial charge < -0.3 is 0 Å². The lowest BCUT2D eigenvalue weighted by molar-refractivity contribution is -0.138. The monoisotopic (exact) mass is 398 g/mol. The van der Waals surface area contributed by atoms with Gasteiger partial charge in [0.1, 0.15) is 0 Å². The number of amides is 3. The van der Waals surface area contributed by atoms with Crippen LogP contribution < -0.4 is 5.32 Å². The molecule has 0 fully saturated rings. The topological polar surface area (TPSA) is 92.3 Å². The summed E-state index contributed by atoms with van der Waals surface area (Å²) in [5.41, 5.74) is 0.316. The molecule has 11 heteroatoms. The highest BCUT2D eigenvalue weighted by atomic mass is 32.1. The Hall–Kier alpha value is -2.82. The lowest BCUT2D eigenvalue weighted by atomic mass is 10.1. The van der Waals surface area contributed by atoms with Gasteiger partial charge in [0.25, 0.3) is 17.7 Å². The number of aromatic nitrogens is 2. The third-order valence-corrected chi connectivity index (χ3v) is 4.74. The lowest BCUT2D eigenvalue weighted by Gasteiger charge is -2.12. The number of fused-ring (bicyclic) bond motifs is 1. The Morgan fingerprint density at radius 1 is 1.19 bits per heavy atom. The summed E-state index contributed by atoms with van der Waals surface area (Å²) in [6, 6.07) is 3.94. The minimum atomic E-state index is -4.65. The van der Waals surface area contributed by atoms with Crippen LogP contribution >= 0.6 is 11.3 Å². The first-order chi connectivity index (χ1) is 12.7. The molecule has 1 aliphatic rings. The van der Waals surface area contributed by atoms with Crippen molar-refractivity contribution in [3.63, 3.8) is 0 Å². The van der Waals surface area contributed by atoms with Crippen LogP contribution in [0.5, 0.6) is 0 Å². The summed E-state index contributed by atoms with van der Waals surface area (Å²) >= 11 is 0.190. The largest absolute Gasteiger partial charge is 0.445 e. The van der Waals surface area contributed by atoms with Crippen molar-refractivity contribution < 1.29 is 27.6 Å². The number of carbonyl (C=O) groups is 3. The maximum atomic E-state index is 12.5. The summed E-state index contributed by atoms with van der Waals surface area (Å²) in [4.78, 5) is 38.0. The summed E-state index contributed by atoms with van der Waals surface area (Å²) in [5.74, 6) is -1.67. The van der Waals surface area contributed by atoms with Crippen LogP contribution in [0.15, 0.2) is 18.2 Å². The molecule has 0 radical (unpaired) electrons. The predicted molar refractivity (Wildman–Crippen MR) is 89.6 cm³/mol. The maximum absolute atomic E-state index is 12.5. The molecule has 1 aromatic heterocycles. The fraction of sp³-hybridized carbons (Fsp3) is 0.312. The van der Waals surface area contributed by atoms with E-state index < -0.39 is 28.9 Å². The Balaban J connectivity index is 1.79. The number of imide groups is 1. The smallest absolute Gasteiger partial charge is 0.296 e. The van der Waals surface area contributed by atoms with Crippen molar-refractivity contribution >= 4 is 34.2 Å². The SMILES string of the molecule is CCCCN1C(=O)c2ccc(C(=O)Nc3nnc(C(F)(F)F)s3)cc2C1=O. The highest BCUT2D eigenvalue weighted by molar-refractivity contribution is 7.15. The maximum Gasteiger partial charge on any atom is 0.445 e. The number of nitrogens with one attached hydrogen (secondary N) is 1. The third-order valence-electron chi connectivity index (χ3n) is 3.86. The fourth-order valence-corrected chi connectivity index (χ4v) is 3.11. The molecule has 0 bridgehead atoms. The highest BCUT2D eigenvalue weighted by Gasteiger charge is 2.37. The Kier molecular flexibility index (Phi) is 4.96. The number of halogens is 3. The van der Waals surface area contributed by atoms with Crippen molar-refractivity contribution in [3.8, 4) is 0 Å². The molecular weight excluding hydrogens is 385 g/mol. The zero-order chi connectivity index (χ0) is 19.8. The molecule has 7 nitrogen and oxygen atoms in total. The molecule has 3 amide bonds. The van der Waals surface area contributed by atoms with Crippen molar-refractivity contribution in [1.29, 1.82) is 0 Å². The molecule has 0 unspecified atom stereocenters. The van der Waals surface area contributed by atoms with Gasteiger partial charge in [0.2, 0.25) is 10.1 Å². The van der Waals surface area contributed by atoms with E-state index in [4.69, 9.17) is 0 Å². The van der Waals surface area contributed by atoms with E-state index in [9.17, 15) is 27.6 Å². The molecule has 0 saturated heterocycles. The number of hydrogen-bond donors (Lipinski definition) is 1. The van der Waals surface area contributed by atoms with Gasteiger partial charge in [-0.1, -0.05) is 24.7 Å². The van der Waals surface area contributed by atoms with Crippen LogP contribution in [0.3, 0.4) is 0 Å². The first kappa shape index (κ1) is 19.0. The van der Waals surface area contributed by atoms with Gasteiger partial charge in [-0.2, -0.15) is 13.2 Å². The Morgan fingerprint density at radius 2 is 1.89 bits per heavy atom. The van der Waals surface area contributed by atoms with Crippen molar-refractivity contribution in [2.45, 2.75) is 25.9 Å². The number of benzene rings is 1. The summed E-state index contributed by atoms with van der Waals surface area (Å²) < 4.78 is 37.6. The highest BCUT2D eigenvalue weighted by Crippen LogP contribution is 2.33. The minimum absolute atomic E-state index is 0.0241. The van der Waals surface area contributed by atoms with E-state index in [2.05, 4.69) is 15.5 Å². The molecule has 0 spiro atoms. The number of rotatable bonds is 5. The number of unbranched alkanes of at least 4 members (excludes halogenated alkanes) is 1. The zero-order valence-corrected chi connectivity index (χ0v) is 14.8. The fourth-order valence-electron chi connectivity index (χ4n) is 2.51. The molecule has 27 heavy (non-hydrogen) atoms. The van der Waals surface area contributed by atoms with Gasteiger partial charge in [-0.3, -0.25) is 24.6 Å². The molecule has 1 aromatic carbocycles. The summed E-state index contributed by atoms with van der Waals surface area (Å²) in [7, 11) is 0. The van der Waals surface area contributed by atoms with Crippen molar-refractivity contribution in [2.24, 2.45) is 0 Å². The zero-order valence-electron chi connectivity index (χ0n) is 14.0. The van der Waals surface area contributed by atoms with Gasteiger partial charge >= 0.3 is 6.18 Å². The number of alkyl halides is 3. The van der Waals surface area contributed by atoms with Crippen LogP contribution in [0.2, 0.25) is 0 Å². The summed E-state index contributed by atoms with van der Waals surface area (Å²) in [5, 5.41) is 6.97. The average Bonchev–Trinajstić information content (AvgIpc) is 3.17. The van der Waals surface area contributed by atoms with E-state index in [1.165, 1.54) is 18.2 Å². The molecular formula is C16H13F3N4O3S. The van der Waals surface area contributed by atoms with Crippen molar-refractivity contribution in [2.75, 3.05) is 11.9 Å². The van der Waals surface area contributed by atoms with Crippen LogP contribution in [0.4, 0.5) is 18.3 Å². The molecule has 142 valence electrons. The molecule has 1 N–H and O–H groups in total. The van der Waals surface area contributed by atoms with Crippen LogP contribution in [-0.2, 0) is 6.18 Å². The summed E-state index contributed by atoms with van der Waals surface area (Å²) in [6.45, 7) is 2.22. The van der Waals surface area contributed by atoms with Crippen LogP contribution in [0.25, 0.3) is 0 Å². The first-order valence-corrected chi connectivity index (χ1v) is 8.76. The third kappa shape index (κ3) is 3.68. The minimum Gasteiger partial charge on any atom is -0.296 e. The standard InChI is InChI=1S/C16H13F3N4O3S/c1-2-3-6-23-12(25)9-5-4-8(7-10(9)13(23)26)11(24)20-15-22-21-14(27-15)16(17,18)19/h4-5,7H,2-3,6H2,1H3,(H,20,22,24). The van der Waals surface area contributed by atoms with Crippen LogP contribution in [0.1, 0.15) is 55.8 Å². The van der Waals surface area contributed by atoms with E-state index in [-0.39, 0.29) is 39.7 Å². The number of anilines is 1. The molecule has 0 saturated carbocycles. The molecule has 0 atom stereocenters. The number of nitrogens with zero attached hydrogens (tertiary/aromatic N) is 3. The van der Waals surface area contributed by atoms with E-state index in [1.54, 1.807) is 0 Å². The van der Waals surface area contributed by atoms with E-state index >= 15 is 0 Å². The van der Waals surface area contributed by atoms with E-state index in [1.807, 2.05) is 6.92 Å². The summed E-state index contributed by atoms with van der Waals surface area (Å²) in [6.07, 6.45) is -3.18. The van der Waals surface area contributed by atoms with Gasteiger partial charge in [0.15, 0.2) is 0 Å².